The molecule has 2 heterocycles. The van der Waals surface area contributed by atoms with Crippen molar-refractivity contribution in [3.8, 4) is 0 Å². The third-order valence-corrected chi connectivity index (χ3v) is 3.83. The zero-order chi connectivity index (χ0) is 14.7. The molecule has 1 aromatic heterocycles. The average molecular weight is 283 g/mol. The van der Waals surface area contributed by atoms with E-state index in [1.54, 1.807) is 6.20 Å². The molecule has 21 heavy (non-hydrogen) atoms. The van der Waals surface area contributed by atoms with Crippen LogP contribution in [0.15, 0.2) is 30.5 Å². The van der Waals surface area contributed by atoms with Gasteiger partial charge < -0.3 is 10.2 Å². The minimum Gasteiger partial charge on any atom is -0.355 e. The van der Waals surface area contributed by atoms with Crippen molar-refractivity contribution in [3.63, 3.8) is 0 Å². The summed E-state index contributed by atoms with van der Waals surface area (Å²) >= 11 is 0. The van der Waals surface area contributed by atoms with E-state index in [0.29, 0.717) is 11.9 Å². The Bertz CT molecular complexity index is 596. The monoisotopic (exact) mass is 283 g/mol. The van der Waals surface area contributed by atoms with Crippen LogP contribution in [-0.2, 0) is 0 Å². The van der Waals surface area contributed by atoms with Gasteiger partial charge in [-0.05, 0) is 37.8 Å². The normalized spacial score (nSPS) is 18.6. The number of nitrogens with zero attached hydrogens (tertiary/aromatic N) is 4. The van der Waals surface area contributed by atoms with Crippen LogP contribution in [0.25, 0.3) is 0 Å². The fourth-order valence-corrected chi connectivity index (χ4v) is 2.66. The van der Waals surface area contributed by atoms with Gasteiger partial charge in [-0.2, -0.15) is 10.1 Å². The summed E-state index contributed by atoms with van der Waals surface area (Å²) in [5.74, 6) is 2.17. The third-order valence-electron chi connectivity index (χ3n) is 3.83. The number of hydrogen-bond acceptors (Lipinski definition) is 5. The van der Waals surface area contributed by atoms with Gasteiger partial charge in [0.1, 0.15) is 0 Å². The molecule has 0 amide bonds. The van der Waals surface area contributed by atoms with E-state index in [1.165, 1.54) is 18.4 Å². The van der Waals surface area contributed by atoms with Crippen molar-refractivity contribution in [3.05, 3.63) is 36.0 Å². The second-order valence-corrected chi connectivity index (χ2v) is 5.82. The van der Waals surface area contributed by atoms with Gasteiger partial charge in [-0.25, -0.2) is 0 Å². The maximum absolute atomic E-state index is 4.59. The molecule has 1 fully saturated rings. The number of nitrogens with one attached hydrogen (secondary N) is 1. The molecule has 5 heteroatoms. The molecule has 1 atom stereocenters. The maximum atomic E-state index is 4.59. The Balaban J connectivity index is 1.75. The third kappa shape index (κ3) is 3.48. The van der Waals surface area contributed by atoms with Gasteiger partial charge in [0.25, 0.3) is 0 Å². The van der Waals surface area contributed by atoms with Gasteiger partial charge in [0.15, 0.2) is 5.82 Å². The fraction of sp³-hybridized carbons (Fsp3) is 0.438. The van der Waals surface area contributed by atoms with Crippen molar-refractivity contribution in [2.45, 2.75) is 26.7 Å². The van der Waals surface area contributed by atoms with E-state index in [0.717, 1.165) is 24.6 Å². The predicted molar refractivity (Wildman–Crippen MR) is 84.9 cm³/mol. The maximum Gasteiger partial charge on any atom is 0.249 e. The summed E-state index contributed by atoms with van der Waals surface area (Å²) in [5.41, 5.74) is 2.21. The minimum absolute atomic E-state index is 0.551. The van der Waals surface area contributed by atoms with E-state index in [2.05, 4.69) is 51.4 Å². The number of benzene rings is 1. The summed E-state index contributed by atoms with van der Waals surface area (Å²) in [7, 11) is 0. The minimum atomic E-state index is 0.551. The molecule has 0 saturated carbocycles. The van der Waals surface area contributed by atoms with Gasteiger partial charge in [0, 0.05) is 18.8 Å². The van der Waals surface area contributed by atoms with Crippen molar-refractivity contribution < 1.29 is 0 Å². The lowest BCUT2D eigenvalue weighted by atomic mass is 10.0. The van der Waals surface area contributed by atoms with Gasteiger partial charge in [-0.1, -0.05) is 24.6 Å². The second kappa shape index (κ2) is 6.08. The molecule has 1 aromatic carbocycles. The quantitative estimate of drug-likeness (QED) is 0.937. The number of rotatable bonds is 3. The summed E-state index contributed by atoms with van der Waals surface area (Å²) in [5, 5.41) is 11.4. The molecule has 1 N–H and O–H groups in total. The molecule has 1 aliphatic heterocycles. The number of aromatic nitrogens is 3. The molecule has 2 aromatic rings. The largest absolute Gasteiger partial charge is 0.355 e. The van der Waals surface area contributed by atoms with Gasteiger partial charge in [0.2, 0.25) is 5.95 Å². The first-order valence-corrected chi connectivity index (χ1v) is 7.49. The zero-order valence-electron chi connectivity index (χ0n) is 12.6. The fourth-order valence-electron chi connectivity index (χ4n) is 2.66. The van der Waals surface area contributed by atoms with E-state index >= 15 is 0 Å². The SMILES string of the molecule is Cc1ccc(Nc2nncc(N3CCCC(C)C3)n2)cc1. The van der Waals surface area contributed by atoms with Crippen LogP contribution in [0.5, 0.6) is 0 Å². The molecule has 3 rings (SSSR count). The molecular weight excluding hydrogens is 262 g/mol. The van der Waals surface area contributed by atoms with Crippen LogP contribution < -0.4 is 10.2 Å². The Labute approximate surface area is 125 Å². The zero-order valence-corrected chi connectivity index (χ0v) is 12.6. The van der Waals surface area contributed by atoms with E-state index in [9.17, 15) is 0 Å². The van der Waals surface area contributed by atoms with Gasteiger partial charge in [-0.15, -0.1) is 5.10 Å². The van der Waals surface area contributed by atoms with Crippen molar-refractivity contribution in [1.29, 1.82) is 0 Å². The second-order valence-electron chi connectivity index (χ2n) is 5.82. The van der Waals surface area contributed by atoms with Crippen LogP contribution in [-0.4, -0.2) is 28.3 Å². The van der Waals surface area contributed by atoms with Crippen LogP contribution in [0.1, 0.15) is 25.3 Å². The summed E-state index contributed by atoms with van der Waals surface area (Å²) in [6, 6.07) is 8.17. The molecular formula is C16H21N5. The van der Waals surface area contributed by atoms with Crippen molar-refractivity contribution in [2.24, 2.45) is 5.92 Å². The van der Waals surface area contributed by atoms with Crippen molar-refractivity contribution >= 4 is 17.5 Å². The summed E-state index contributed by atoms with van der Waals surface area (Å²) in [6.45, 7) is 6.45. The molecule has 110 valence electrons. The first kappa shape index (κ1) is 13.8. The Morgan fingerprint density at radius 1 is 1.24 bits per heavy atom. The molecule has 1 aliphatic rings. The smallest absolute Gasteiger partial charge is 0.249 e. The van der Waals surface area contributed by atoms with E-state index < -0.39 is 0 Å². The first-order valence-electron chi connectivity index (χ1n) is 7.49. The summed E-state index contributed by atoms with van der Waals surface area (Å²) in [6.07, 6.45) is 4.26. The highest BCUT2D eigenvalue weighted by Crippen LogP contribution is 2.21. The van der Waals surface area contributed by atoms with E-state index in [1.807, 2.05) is 12.1 Å². The molecule has 1 saturated heterocycles. The van der Waals surface area contributed by atoms with Crippen LogP contribution in [0.3, 0.4) is 0 Å². The van der Waals surface area contributed by atoms with Crippen LogP contribution in [0.4, 0.5) is 17.5 Å². The average Bonchev–Trinajstić information content (AvgIpc) is 2.50. The topological polar surface area (TPSA) is 53.9 Å². The van der Waals surface area contributed by atoms with Gasteiger partial charge in [-0.3, -0.25) is 0 Å². The molecule has 0 spiro atoms. The predicted octanol–water partition coefficient (Wildman–Crippen LogP) is 3.16. The summed E-state index contributed by atoms with van der Waals surface area (Å²) < 4.78 is 0. The van der Waals surface area contributed by atoms with Crippen LogP contribution >= 0.6 is 0 Å². The number of aryl methyl sites for hydroxylation is 1. The lowest BCUT2D eigenvalue weighted by molar-refractivity contribution is 0.444. The summed E-state index contributed by atoms with van der Waals surface area (Å²) in [4.78, 5) is 6.88. The lowest BCUT2D eigenvalue weighted by Gasteiger charge is -2.31. The number of hydrogen-bond donors (Lipinski definition) is 1. The highest BCUT2D eigenvalue weighted by molar-refractivity contribution is 5.54. The molecule has 1 unspecified atom stereocenters. The number of anilines is 3. The molecule has 0 bridgehead atoms. The Hall–Kier alpha value is -2.17. The van der Waals surface area contributed by atoms with E-state index in [-0.39, 0.29) is 0 Å². The molecule has 5 nitrogen and oxygen atoms in total. The Kier molecular flexibility index (Phi) is 3.99. The molecule has 0 radical (unpaired) electrons. The highest BCUT2D eigenvalue weighted by Gasteiger charge is 2.18. The highest BCUT2D eigenvalue weighted by atomic mass is 15.3. The Morgan fingerprint density at radius 3 is 2.81 bits per heavy atom. The Morgan fingerprint density at radius 2 is 2.05 bits per heavy atom. The van der Waals surface area contributed by atoms with E-state index in [4.69, 9.17) is 0 Å². The lowest BCUT2D eigenvalue weighted by Crippen LogP contribution is -2.35. The van der Waals surface area contributed by atoms with Crippen molar-refractivity contribution in [1.82, 2.24) is 15.2 Å². The van der Waals surface area contributed by atoms with Crippen LogP contribution in [0, 0.1) is 12.8 Å². The molecule has 0 aliphatic carbocycles. The van der Waals surface area contributed by atoms with Gasteiger partial charge in [0.05, 0.1) is 6.20 Å². The standard InChI is InChI=1S/C16H21N5/c1-12-5-7-14(8-6-12)18-16-19-15(10-17-20-16)21-9-3-4-13(2)11-21/h5-8,10,13H,3-4,9,11H2,1-2H3,(H,18,19,20). The number of piperidine rings is 1. The van der Waals surface area contributed by atoms with Crippen LogP contribution in [0.2, 0.25) is 0 Å². The first-order chi connectivity index (χ1) is 10.2. The van der Waals surface area contributed by atoms with Crippen molar-refractivity contribution in [2.75, 3.05) is 23.3 Å². The van der Waals surface area contributed by atoms with Gasteiger partial charge >= 0.3 is 0 Å².